The van der Waals surface area contributed by atoms with E-state index in [2.05, 4.69) is 80.5 Å². The number of hydrogen-bond acceptors (Lipinski definition) is 5. The number of carbonyl (C=O) groups excluding carboxylic acids is 2. The molecule has 2 aromatic rings. The lowest BCUT2D eigenvalue weighted by molar-refractivity contribution is -0.128. The molecule has 334 valence electrons. The van der Waals surface area contributed by atoms with Crippen LogP contribution in [-0.2, 0) is 23.1 Å². The highest BCUT2D eigenvalue weighted by molar-refractivity contribution is 7.90. The molecule has 0 spiro atoms. The van der Waals surface area contributed by atoms with Crippen LogP contribution in [0.25, 0.3) is 14.7 Å². The molecule has 59 heavy (non-hydrogen) atoms. The molecule has 0 bridgehead atoms. The van der Waals surface area contributed by atoms with E-state index >= 15 is 0 Å². The first-order valence-corrected chi connectivity index (χ1v) is 26.6. The van der Waals surface area contributed by atoms with Crippen LogP contribution >= 0.6 is 35.3 Å². The number of unbranched alkanes of at least 4 members (excludes halogenated alkanes) is 21. The summed E-state index contributed by atoms with van der Waals surface area (Å²) in [5.74, 6) is -0.138. The Morgan fingerprint density at radius 1 is 0.661 bits per heavy atom. The maximum Gasteiger partial charge on any atom is 0.262 e. The second-order valence-electron chi connectivity index (χ2n) is 19.9. The van der Waals surface area contributed by atoms with Crippen molar-refractivity contribution in [2.24, 2.45) is 5.41 Å². The van der Waals surface area contributed by atoms with E-state index in [-0.39, 0.29) is 22.6 Å². The molecule has 3 nitrogen and oxygen atoms in total. The van der Waals surface area contributed by atoms with Crippen molar-refractivity contribution in [3.63, 3.8) is 0 Å². The topological polar surface area (TPSA) is 37.4 Å². The fourth-order valence-electron chi connectivity index (χ4n) is 8.56. The van der Waals surface area contributed by atoms with Gasteiger partial charge in [-0.1, -0.05) is 209 Å². The average Bonchev–Trinajstić information content (AvgIpc) is 3.77. The highest BCUT2D eigenvalue weighted by Gasteiger charge is 2.39. The highest BCUT2D eigenvalue weighted by atomic mass is 32.1. The first-order chi connectivity index (χ1) is 28.2. The quantitative estimate of drug-likeness (QED) is 0.0368. The average molecular weight is 866 g/mol. The van der Waals surface area contributed by atoms with E-state index in [1.54, 1.807) is 16.2 Å². The molecule has 0 aliphatic carbocycles. The minimum atomic E-state index is -0.162. The van der Waals surface area contributed by atoms with Crippen molar-refractivity contribution in [3.8, 4) is 9.75 Å². The summed E-state index contributed by atoms with van der Waals surface area (Å²) in [5.41, 5.74) is 4.40. The number of imide groups is 1. The maximum atomic E-state index is 14.4. The Morgan fingerprint density at radius 3 is 1.64 bits per heavy atom. The first-order valence-electron chi connectivity index (χ1n) is 24.5. The van der Waals surface area contributed by atoms with Crippen LogP contribution < -0.4 is 0 Å². The molecule has 0 saturated heterocycles. The standard InChI is InChI=1S/C53H87NO2S3/c1-10-13-16-18-20-22-24-26-28-30-32-34-41(40-52(4,5)6)37-44(57)45-38-42(35-33-31-29-27-25-23-21-19-17-14-11-2)48(58-45)49-47-43(50(59-49)53(7,8)9)39-46(55)54(51(47)56)36-15-12-3/h37-38,40,57H,10-36,39H2,1-9H3/b41-40+,44-37-. The van der Waals surface area contributed by atoms with E-state index in [0.717, 1.165) is 53.0 Å². The van der Waals surface area contributed by atoms with E-state index in [4.69, 9.17) is 12.6 Å². The molecule has 0 radical (unpaired) electrons. The molecule has 0 N–H and O–H groups in total. The lowest BCUT2D eigenvalue weighted by atomic mass is 9.86. The molecule has 0 atom stereocenters. The molecule has 1 aliphatic rings. The van der Waals surface area contributed by atoms with Gasteiger partial charge < -0.3 is 0 Å². The summed E-state index contributed by atoms with van der Waals surface area (Å²) >= 11 is 8.82. The van der Waals surface area contributed by atoms with Crippen molar-refractivity contribution in [3.05, 3.63) is 50.2 Å². The van der Waals surface area contributed by atoms with Crippen LogP contribution in [0.1, 0.15) is 254 Å². The van der Waals surface area contributed by atoms with Crippen LogP contribution in [0.2, 0.25) is 0 Å². The van der Waals surface area contributed by atoms with Gasteiger partial charge in [0.1, 0.15) is 0 Å². The number of aryl methyl sites for hydroxylation is 1. The van der Waals surface area contributed by atoms with Crippen molar-refractivity contribution in [1.29, 1.82) is 0 Å². The number of amides is 2. The van der Waals surface area contributed by atoms with Crippen molar-refractivity contribution in [2.45, 2.75) is 241 Å². The maximum absolute atomic E-state index is 14.4. The smallest absolute Gasteiger partial charge is 0.262 e. The molecule has 2 aromatic heterocycles. The molecule has 0 unspecified atom stereocenters. The Bertz CT molecular complexity index is 1590. The van der Waals surface area contributed by atoms with E-state index in [1.807, 2.05) is 11.3 Å². The van der Waals surface area contributed by atoms with Gasteiger partial charge in [0.05, 0.1) is 16.9 Å². The summed E-state index contributed by atoms with van der Waals surface area (Å²) in [7, 11) is 0. The lowest BCUT2D eigenvalue weighted by Gasteiger charge is -2.28. The molecule has 0 saturated carbocycles. The molecular formula is C53H87NO2S3. The number of hydrogen-bond donors (Lipinski definition) is 1. The molecule has 2 amide bonds. The van der Waals surface area contributed by atoms with Gasteiger partial charge in [-0.25, -0.2) is 0 Å². The summed E-state index contributed by atoms with van der Waals surface area (Å²) in [5, 5.41) is 0. The molecule has 3 heterocycles. The predicted octanol–water partition coefficient (Wildman–Crippen LogP) is 17.9. The Labute approximate surface area is 377 Å². The molecule has 6 heteroatoms. The lowest BCUT2D eigenvalue weighted by Crippen LogP contribution is -2.43. The SMILES string of the molecule is CCCCCCCCCCCCCC(/C=C(\S)c1cc(CCCCCCCCCCCCC)c(-c2sc(C(C)(C)C)c3c2C(=O)N(CCCC)C(=O)C3)s1)=C\C(C)(C)C. The minimum absolute atomic E-state index is 0.0459. The van der Waals surface area contributed by atoms with Gasteiger partial charge in [0.15, 0.2) is 0 Å². The fraction of sp³-hybridized carbons (Fsp3) is 0.736. The molecule has 0 aromatic carbocycles. The second kappa shape index (κ2) is 27.4. The van der Waals surface area contributed by atoms with Crippen LogP contribution in [0, 0.1) is 5.41 Å². The third-order valence-electron chi connectivity index (χ3n) is 11.8. The summed E-state index contributed by atoms with van der Waals surface area (Å²) in [6.45, 7) is 20.8. The number of thiophene rings is 2. The Hall–Kier alpha value is -1.63. The number of fused-ring (bicyclic) bond motifs is 1. The Morgan fingerprint density at radius 2 is 1.15 bits per heavy atom. The molecular weight excluding hydrogens is 779 g/mol. The third kappa shape index (κ3) is 18.3. The van der Waals surface area contributed by atoms with Gasteiger partial charge >= 0.3 is 0 Å². The molecule has 0 fully saturated rings. The van der Waals surface area contributed by atoms with Crippen LogP contribution in [-0.4, -0.2) is 23.3 Å². The third-order valence-corrected chi connectivity index (χ3v) is 15.4. The summed E-state index contributed by atoms with van der Waals surface area (Å²) in [4.78, 5) is 35.1. The number of allylic oxidation sites excluding steroid dienone is 3. The monoisotopic (exact) mass is 866 g/mol. The van der Waals surface area contributed by atoms with E-state index < -0.39 is 0 Å². The van der Waals surface area contributed by atoms with Gasteiger partial charge in [-0.05, 0) is 66.2 Å². The highest BCUT2D eigenvalue weighted by Crippen LogP contribution is 2.49. The Balaban J connectivity index is 1.87. The molecule has 1 aliphatic heterocycles. The zero-order valence-corrected chi connectivity index (χ0v) is 42.1. The van der Waals surface area contributed by atoms with Crippen LogP contribution in [0.5, 0.6) is 0 Å². The van der Waals surface area contributed by atoms with Crippen LogP contribution in [0.3, 0.4) is 0 Å². The first kappa shape index (κ1) is 51.7. The number of nitrogens with zero attached hydrogens (tertiary/aromatic N) is 1. The van der Waals surface area contributed by atoms with E-state index in [0.29, 0.717) is 13.0 Å². The summed E-state index contributed by atoms with van der Waals surface area (Å²) in [6.07, 6.45) is 38.4. The van der Waals surface area contributed by atoms with E-state index in [9.17, 15) is 9.59 Å². The zero-order chi connectivity index (χ0) is 43.3. The van der Waals surface area contributed by atoms with Gasteiger partial charge in [0.25, 0.3) is 5.91 Å². The van der Waals surface area contributed by atoms with Crippen molar-refractivity contribution in [1.82, 2.24) is 4.90 Å². The fourth-order valence-corrected chi connectivity index (χ4v) is 11.6. The van der Waals surface area contributed by atoms with Gasteiger partial charge in [-0.2, -0.15) is 0 Å². The predicted molar refractivity (Wildman–Crippen MR) is 267 cm³/mol. The van der Waals surface area contributed by atoms with Crippen LogP contribution in [0.15, 0.2) is 23.8 Å². The number of rotatable bonds is 30. The van der Waals surface area contributed by atoms with Crippen molar-refractivity contribution < 1.29 is 9.59 Å². The summed E-state index contributed by atoms with van der Waals surface area (Å²) in [6, 6.07) is 2.39. The van der Waals surface area contributed by atoms with Crippen molar-refractivity contribution >= 4 is 52.0 Å². The van der Waals surface area contributed by atoms with Gasteiger partial charge in [-0.3, -0.25) is 14.5 Å². The number of thiol groups is 1. The Kier molecular flexibility index (Phi) is 24.0. The van der Waals surface area contributed by atoms with E-state index in [1.165, 1.54) is 161 Å². The number of carbonyl (C=O) groups is 2. The minimum Gasteiger partial charge on any atom is -0.278 e. The summed E-state index contributed by atoms with van der Waals surface area (Å²) < 4.78 is 0. The second-order valence-corrected chi connectivity index (χ2v) is 22.5. The van der Waals surface area contributed by atoms with Gasteiger partial charge in [0, 0.05) is 26.1 Å². The van der Waals surface area contributed by atoms with Crippen molar-refractivity contribution in [2.75, 3.05) is 6.54 Å². The largest absolute Gasteiger partial charge is 0.278 e. The van der Waals surface area contributed by atoms with Gasteiger partial charge in [-0.15, -0.1) is 35.3 Å². The zero-order valence-electron chi connectivity index (χ0n) is 39.6. The van der Waals surface area contributed by atoms with Gasteiger partial charge in [0.2, 0.25) is 5.91 Å². The normalized spacial score (nSPS) is 14.2. The molecule has 3 rings (SSSR count). The van der Waals surface area contributed by atoms with Crippen LogP contribution in [0.4, 0.5) is 0 Å².